The van der Waals surface area contributed by atoms with Crippen LogP contribution in [0, 0.1) is 23.3 Å². The summed E-state index contributed by atoms with van der Waals surface area (Å²) in [4.78, 5) is 0. The van der Waals surface area contributed by atoms with Crippen molar-refractivity contribution in [2.45, 2.75) is 65.2 Å². The van der Waals surface area contributed by atoms with E-state index in [1.807, 2.05) is 6.92 Å². The number of hydrogen-bond donors (Lipinski definition) is 0. The fraction of sp³-hybridized carbons (Fsp3) is 0.429. The van der Waals surface area contributed by atoms with Crippen molar-refractivity contribution in [3.05, 3.63) is 70.8 Å². The van der Waals surface area contributed by atoms with Gasteiger partial charge in [0.15, 0.2) is 23.1 Å². The number of benzene rings is 2. The quantitative estimate of drug-likeness (QED) is 0.225. The van der Waals surface area contributed by atoms with Crippen molar-refractivity contribution in [3.8, 4) is 11.5 Å². The molecule has 0 aromatic heterocycles. The van der Waals surface area contributed by atoms with Crippen LogP contribution in [0.15, 0.2) is 36.4 Å². The summed E-state index contributed by atoms with van der Waals surface area (Å²) in [7, 11) is 0. The lowest BCUT2D eigenvalue weighted by Crippen LogP contribution is -2.04. The first kappa shape index (κ1) is 25.9. The molecule has 0 amide bonds. The molecule has 3 rings (SSSR count). The maximum atomic E-state index is 14.7. The summed E-state index contributed by atoms with van der Waals surface area (Å²) < 4.78 is 69.1. The van der Waals surface area contributed by atoms with Crippen LogP contribution < -0.4 is 9.47 Å². The number of ether oxygens (including phenoxy) is 2. The van der Waals surface area contributed by atoms with Crippen molar-refractivity contribution >= 4 is 11.1 Å². The third-order valence-corrected chi connectivity index (χ3v) is 5.93. The summed E-state index contributed by atoms with van der Waals surface area (Å²) in [5.74, 6) is -4.13. The molecule has 0 unspecified atom stereocenters. The second kappa shape index (κ2) is 12.6. The van der Waals surface area contributed by atoms with Crippen molar-refractivity contribution in [2.75, 3.05) is 13.2 Å². The molecule has 0 spiro atoms. The van der Waals surface area contributed by atoms with Gasteiger partial charge in [0.1, 0.15) is 0 Å². The van der Waals surface area contributed by atoms with Crippen LogP contribution in [0.2, 0.25) is 0 Å². The molecule has 2 nitrogen and oxygen atoms in total. The molecule has 0 atom stereocenters. The molecule has 184 valence electrons. The first-order valence-electron chi connectivity index (χ1n) is 12.1. The molecule has 0 radical (unpaired) electrons. The average Bonchev–Trinajstić information content (AvgIpc) is 2.85. The third-order valence-electron chi connectivity index (χ3n) is 5.93. The minimum atomic E-state index is -1.01. The van der Waals surface area contributed by atoms with Gasteiger partial charge in [-0.15, -0.1) is 0 Å². The molecule has 0 heterocycles. The smallest absolute Gasteiger partial charge is 0.201 e. The van der Waals surface area contributed by atoms with Gasteiger partial charge in [-0.3, -0.25) is 0 Å². The van der Waals surface area contributed by atoms with Gasteiger partial charge in [0.05, 0.1) is 13.2 Å². The summed E-state index contributed by atoms with van der Waals surface area (Å²) in [6, 6.07) is 5.88. The second-order valence-corrected chi connectivity index (χ2v) is 8.46. The van der Waals surface area contributed by atoms with E-state index in [-0.39, 0.29) is 35.5 Å². The lowest BCUT2D eigenvalue weighted by atomic mass is 9.90. The highest BCUT2D eigenvalue weighted by Crippen LogP contribution is 2.36. The standard InChI is InChI=1S/C28H32F4O2/c1-3-5-7-8-18-34-24-16-14-22(26(30)28(24)32)20-11-9-19(10-12-20)21-13-15-23(27(31)25(21)29)33-17-6-4-2/h9,12-16H,3-8,10-11,17-18H2,1-2H3. The molecule has 34 heavy (non-hydrogen) atoms. The van der Waals surface area contributed by atoms with Crippen molar-refractivity contribution < 1.29 is 27.0 Å². The van der Waals surface area contributed by atoms with E-state index in [2.05, 4.69) is 6.92 Å². The van der Waals surface area contributed by atoms with Crippen molar-refractivity contribution in [1.29, 1.82) is 0 Å². The Bertz CT molecular complexity index is 1040. The van der Waals surface area contributed by atoms with Crippen molar-refractivity contribution in [2.24, 2.45) is 0 Å². The normalized spacial score (nSPS) is 13.5. The molecule has 6 heteroatoms. The number of rotatable bonds is 12. The molecule has 0 aliphatic heterocycles. The van der Waals surface area contributed by atoms with Gasteiger partial charge in [0, 0.05) is 11.1 Å². The van der Waals surface area contributed by atoms with Crippen LogP contribution in [-0.2, 0) is 0 Å². The van der Waals surface area contributed by atoms with E-state index in [0.29, 0.717) is 24.4 Å². The van der Waals surface area contributed by atoms with E-state index in [9.17, 15) is 17.6 Å². The van der Waals surface area contributed by atoms with Gasteiger partial charge in [-0.1, -0.05) is 51.7 Å². The highest BCUT2D eigenvalue weighted by molar-refractivity contribution is 5.78. The van der Waals surface area contributed by atoms with Gasteiger partial charge in [-0.25, -0.2) is 8.78 Å². The molecule has 0 fully saturated rings. The summed E-state index contributed by atoms with van der Waals surface area (Å²) in [5.41, 5.74) is 1.48. The molecule has 0 saturated heterocycles. The van der Waals surface area contributed by atoms with Gasteiger partial charge in [0.2, 0.25) is 11.6 Å². The zero-order chi connectivity index (χ0) is 24.5. The Hall–Kier alpha value is -2.76. The Labute approximate surface area is 199 Å². The first-order valence-corrected chi connectivity index (χ1v) is 12.1. The fourth-order valence-corrected chi connectivity index (χ4v) is 3.89. The number of hydrogen-bond acceptors (Lipinski definition) is 2. The lowest BCUT2D eigenvalue weighted by Gasteiger charge is -2.17. The van der Waals surface area contributed by atoms with Crippen LogP contribution in [0.4, 0.5) is 17.6 Å². The van der Waals surface area contributed by atoms with Crippen LogP contribution in [-0.4, -0.2) is 13.2 Å². The van der Waals surface area contributed by atoms with Gasteiger partial charge >= 0.3 is 0 Å². The van der Waals surface area contributed by atoms with Gasteiger partial charge in [-0.05, 0) is 61.1 Å². The van der Waals surface area contributed by atoms with Gasteiger partial charge < -0.3 is 9.47 Å². The molecular weight excluding hydrogens is 444 g/mol. The summed E-state index contributed by atoms with van der Waals surface area (Å²) in [5, 5.41) is 0. The largest absolute Gasteiger partial charge is 0.490 e. The Morgan fingerprint density at radius 3 is 1.50 bits per heavy atom. The summed E-state index contributed by atoms with van der Waals surface area (Å²) in [6.07, 6.45) is 9.59. The molecule has 2 aromatic carbocycles. The zero-order valence-electron chi connectivity index (χ0n) is 19.9. The molecule has 2 aromatic rings. The highest BCUT2D eigenvalue weighted by Gasteiger charge is 2.21. The number of unbranched alkanes of at least 4 members (excludes halogenated alkanes) is 4. The first-order chi connectivity index (χ1) is 16.5. The van der Waals surface area contributed by atoms with Crippen molar-refractivity contribution in [1.82, 2.24) is 0 Å². The van der Waals surface area contributed by atoms with E-state index in [1.54, 1.807) is 12.2 Å². The van der Waals surface area contributed by atoms with Crippen LogP contribution in [0.3, 0.4) is 0 Å². The molecule has 0 N–H and O–H groups in total. The van der Waals surface area contributed by atoms with E-state index < -0.39 is 23.3 Å². The molecule has 1 aliphatic rings. The van der Waals surface area contributed by atoms with Crippen LogP contribution in [0.5, 0.6) is 11.5 Å². The zero-order valence-corrected chi connectivity index (χ0v) is 19.9. The van der Waals surface area contributed by atoms with E-state index in [0.717, 1.165) is 38.5 Å². The van der Waals surface area contributed by atoms with E-state index in [1.165, 1.54) is 24.3 Å². The van der Waals surface area contributed by atoms with Crippen LogP contribution in [0.1, 0.15) is 76.3 Å². The van der Waals surface area contributed by atoms with Gasteiger partial charge in [0.25, 0.3) is 0 Å². The Morgan fingerprint density at radius 2 is 1.06 bits per heavy atom. The van der Waals surface area contributed by atoms with Crippen LogP contribution >= 0.6 is 0 Å². The monoisotopic (exact) mass is 476 g/mol. The summed E-state index contributed by atoms with van der Waals surface area (Å²) >= 11 is 0. The van der Waals surface area contributed by atoms with Crippen LogP contribution in [0.25, 0.3) is 11.1 Å². The Morgan fingerprint density at radius 1 is 0.588 bits per heavy atom. The molecular formula is C28H32F4O2. The predicted octanol–water partition coefficient (Wildman–Crippen LogP) is 8.64. The SMILES string of the molecule is CCCCCCOc1ccc(C2=CCC(c3ccc(OCCCC)c(F)c3F)=CC2)c(F)c1F. The predicted molar refractivity (Wildman–Crippen MR) is 128 cm³/mol. The Balaban J connectivity index is 1.67. The molecule has 0 saturated carbocycles. The van der Waals surface area contributed by atoms with Gasteiger partial charge in [-0.2, -0.15) is 8.78 Å². The average molecular weight is 477 g/mol. The van der Waals surface area contributed by atoms with E-state index >= 15 is 0 Å². The maximum Gasteiger partial charge on any atom is 0.201 e. The summed E-state index contributed by atoms with van der Waals surface area (Å²) in [6.45, 7) is 4.75. The fourth-order valence-electron chi connectivity index (χ4n) is 3.89. The highest BCUT2D eigenvalue weighted by atomic mass is 19.2. The maximum absolute atomic E-state index is 14.7. The minimum absolute atomic E-state index is 0.0934. The van der Waals surface area contributed by atoms with Crippen molar-refractivity contribution in [3.63, 3.8) is 0 Å². The van der Waals surface area contributed by atoms with E-state index in [4.69, 9.17) is 9.47 Å². The second-order valence-electron chi connectivity index (χ2n) is 8.46. The third kappa shape index (κ3) is 6.22. The minimum Gasteiger partial charge on any atom is -0.490 e. The topological polar surface area (TPSA) is 18.5 Å². The number of allylic oxidation sites excluding steroid dienone is 4. The molecule has 0 bridgehead atoms. The Kier molecular flexibility index (Phi) is 9.61. The molecule has 1 aliphatic carbocycles. The lowest BCUT2D eigenvalue weighted by molar-refractivity contribution is 0.285. The number of halogens is 4.